The predicted molar refractivity (Wildman–Crippen MR) is 50.5 cm³/mol. The Morgan fingerprint density at radius 1 is 1.62 bits per heavy atom. The molecule has 1 aliphatic rings. The van der Waals surface area contributed by atoms with Crippen molar-refractivity contribution in [3.63, 3.8) is 0 Å². The predicted octanol–water partition coefficient (Wildman–Crippen LogP) is -0.158. The number of nitrogens with one attached hydrogen (secondary N) is 1. The van der Waals surface area contributed by atoms with Crippen LogP contribution in [0.25, 0.3) is 0 Å². The first-order valence-electron chi connectivity index (χ1n) is 4.69. The second kappa shape index (κ2) is 4.58. The molecule has 2 unspecified atom stereocenters. The van der Waals surface area contributed by atoms with E-state index in [2.05, 4.69) is 28.8 Å². The van der Waals surface area contributed by atoms with Crippen molar-refractivity contribution in [3.8, 4) is 0 Å². The number of piperazine rings is 1. The van der Waals surface area contributed by atoms with Crippen LogP contribution in [-0.4, -0.2) is 49.7 Å². The molecule has 0 amide bonds. The van der Waals surface area contributed by atoms with E-state index in [-0.39, 0.29) is 5.97 Å². The summed E-state index contributed by atoms with van der Waals surface area (Å²) in [4.78, 5) is 13.2. The lowest BCUT2D eigenvalue weighted by Crippen LogP contribution is -2.56. The molecular weight excluding hydrogens is 168 g/mol. The molecule has 0 aromatic heterocycles. The maximum absolute atomic E-state index is 11.0. The molecule has 1 N–H and O–H groups in total. The molecule has 4 nitrogen and oxygen atoms in total. The fourth-order valence-electron chi connectivity index (χ4n) is 1.58. The van der Waals surface area contributed by atoms with Crippen LogP contribution in [0.1, 0.15) is 13.8 Å². The van der Waals surface area contributed by atoms with Gasteiger partial charge in [-0.2, -0.15) is 0 Å². The van der Waals surface area contributed by atoms with Gasteiger partial charge >= 0.3 is 5.97 Å². The number of nitrogens with zero attached hydrogens (tertiary/aromatic N) is 1. The van der Waals surface area contributed by atoms with Crippen LogP contribution in [0.5, 0.6) is 0 Å². The summed E-state index contributed by atoms with van der Waals surface area (Å²) in [7, 11) is 1.43. The number of ether oxygens (including phenoxy) is 1. The molecule has 1 fully saturated rings. The highest BCUT2D eigenvalue weighted by Crippen LogP contribution is 2.07. The Hall–Kier alpha value is -0.610. The molecule has 0 radical (unpaired) electrons. The fraction of sp³-hybridized carbons (Fsp3) is 0.889. The van der Waals surface area contributed by atoms with E-state index >= 15 is 0 Å². The number of hydrogen-bond donors (Lipinski definition) is 1. The summed E-state index contributed by atoms with van der Waals surface area (Å²) in [6, 6.07) is 0.839. The third-order valence-electron chi connectivity index (χ3n) is 2.72. The van der Waals surface area contributed by atoms with Crippen molar-refractivity contribution in [1.29, 1.82) is 0 Å². The summed E-state index contributed by atoms with van der Waals surface area (Å²) in [5.41, 5.74) is 0. The van der Waals surface area contributed by atoms with Gasteiger partial charge < -0.3 is 10.1 Å². The smallest absolute Gasteiger partial charge is 0.319 e. The van der Waals surface area contributed by atoms with Gasteiger partial charge in [0, 0.05) is 25.2 Å². The Kier molecular flexibility index (Phi) is 3.69. The topological polar surface area (TPSA) is 41.6 Å². The highest BCUT2D eigenvalue weighted by Gasteiger charge is 2.25. The van der Waals surface area contributed by atoms with Gasteiger partial charge in [-0.1, -0.05) is 0 Å². The van der Waals surface area contributed by atoms with Crippen molar-refractivity contribution in [2.75, 3.05) is 26.7 Å². The van der Waals surface area contributed by atoms with Crippen molar-refractivity contribution in [1.82, 2.24) is 10.2 Å². The zero-order valence-electron chi connectivity index (χ0n) is 8.54. The van der Waals surface area contributed by atoms with Gasteiger partial charge in [0.15, 0.2) is 0 Å². The van der Waals surface area contributed by atoms with E-state index in [1.54, 1.807) is 0 Å². The molecule has 2 atom stereocenters. The van der Waals surface area contributed by atoms with Gasteiger partial charge in [0.1, 0.15) is 0 Å². The maximum atomic E-state index is 11.0. The Morgan fingerprint density at radius 2 is 2.31 bits per heavy atom. The summed E-state index contributed by atoms with van der Waals surface area (Å²) in [5.74, 6) is -0.152. The molecule has 0 bridgehead atoms. The minimum atomic E-state index is -0.152. The molecule has 76 valence electrons. The van der Waals surface area contributed by atoms with E-state index in [1.165, 1.54) is 7.11 Å². The van der Waals surface area contributed by atoms with Gasteiger partial charge in [-0.3, -0.25) is 9.69 Å². The van der Waals surface area contributed by atoms with Gasteiger partial charge in [0.2, 0.25) is 0 Å². The van der Waals surface area contributed by atoms with Crippen molar-refractivity contribution in [3.05, 3.63) is 0 Å². The monoisotopic (exact) mass is 186 g/mol. The van der Waals surface area contributed by atoms with Crippen molar-refractivity contribution >= 4 is 5.97 Å². The lowest BCUT2D eigenvalue weighted by atomic mass is 10.1. The van der Waals surface area contributed by atoms with Gasteiger partial charge in [0.05, 0.1) is 13.7 Å². The number of rotatable bonds is 2. The third kappa shape index (κ3) is 2.67. The van der Waals surface area contributed by atoms with E-state index in [1.807, 2.05) is 0 Å². The number of carbonyl (C=O) groups is 1. The molecule has 1 aliphatic heterocycles. The van der Waals surface area contributed by atoms with Crippen LogP contribution < -0.4 is 5.32 Å². The Balaban J connectivity index is 2.43. The fourth-order valence-corrected chi connectivity index (χ4v) is 1.58. The van der Waals surface area contributed by atoms with E-state index in [4.69, 9.17) is 0 Å². The summed E-state index contributed by atoms with van der Waals surface area (Å²) in [5, 5.41) is 3.36. The van der Waals surface area contributed by atoms with E-state index in [0.29, 0.717) is 18.6 Å². The van der Waals surface area contributed by atoms with Gasteiger partial charge in [-0.25, -0.2) is 0 Å². The quantitative estimate of drug-likeness (QED) is 0.609. The zero-order valence-corrected chi connectivity index (χ0v) is 8.54. The molecule has 1 heterocycles. The van der Waals surface area contributed by atoms with Gasteiger partial charge in [0.25, 0.3) is 0 Å². The van der Waals surface area contributed by atoms with Gasteiger partial charge in [-0.15, -0.1) is 0 Å². The minimum Gasteiger partial charge on any atom is -0.468 e. The SMILES string of the molecule is COC(=O)CN1CCNC(C)C1C. The first-order chi connectivity index (χ1) is 6.15. The molecule has 0 aromatic rings. The molecule has 0 aromatic carbocycles. The number of esters is 1. The minimum absolute atomic E-state index is 0.152. The van der Waals surface area contributed by atoms with E-state index < -0.39 is 0 Å². The molecule has 0 saturated carbocycles. The first kappa shape index (κ1) is 10.5. The second-order valence-electron chi connectivity index (χ2n) is 3.53. The second-order valence-corrected chi connectivity index (χ2v) is 3.53. The normalized spacial score (nSPS) is 30.1. The van der Waals surface area contributed by atoms with Crippen molar-refractivity contribution in [2.45, 2.75) is 25.9 Å². The van der Waals surface area contributed by atoms with E-state index in [0.717, 1.165) is 13.1 Å². The lowest BCUT2D eigenvalue weighted by molar-refractivity contribution is -0.142. The van der Waals surface area contributed by atoms with Crippen molar-refractivity contribution in [2.24, 2.45) is 0 Å². The Bertz CT molecular complexity index is 184. The molecule has 4 heteroatoms. The first-order valence-corrected chi connectivity index (χ1v) is 4.69. The maximum Gasteiger partial charge on any atom is 0.319 e. The Labute approximate surface area is 79.2 Å². The van der Waals surface area contributed by atoms with Crippen LogP contribution in [0.4, 0.5) is 0 Å². The van der Waals surface area contributed by atoms with Crippen LogP contribution in [-0.2, 0) is 9.53 Å². The van der Waals surface area contributed by atoms with Crippen molar-refractivity contribution < 1.29 is 9.53 Å². The van der Waals surface area contributed by atoms with Crippen LogP contribution in [0.15, 0.2) is 0 Å². The highest BCUT2D eigenvalue weighted by molar-refractivity contribution is 5.71. The number of hydrogen-bond acceptors (Lipinski definition) is 4. The molecule has 1 saturated heterocycles. The molecule has 0 spiro atoms. The molecule has 0 aliphatic carbocycles. The number of methoxy groups -OCH3 is 1. The van der Waals surface area contributed by atoms with Crippen LogP contribution in [0, 0.1) is 0 Å². The summed E-state index contributed by atoms with van der Waals surface area (Å²) in [6.45, 7) is 6.53. The summed E-state index contributed by atoms with van der Waals surface area (Å²) < 4.78 is 4.64. The van der Waals surface area contributed by atoms with Gasteiger partial charge in [-0.05, 0) is 13.8 Å². The van der Waals surface area contributed by atoms with Crippen LogP contribution in [0.2, 0.25) is 0 Å². The molecule has 13 heavy (non-hydrogen) atoms. The average molecular weight is 186 g/mol. The van der Waals surface area contributed by atoms with Crippen LogP contribution >= 0.6 is 0 Å². The van der Waals surface area contributed by atoms with Crippen LogP contribution in [0.3, 0.4) is 0 Å². The molecular formula is C9H18N2O2. The average Bonchev–Trinajstić information content (AvgIpc) is 2.13. The number of carbonyl (C=O) groups excluding carboxylic acids is 1. The third-order valence-corrected chi connectivity index (χ3v) is 2.72. The molecule has 1 rings (SSSR count). The lowest BCUT2D eigenvalue weighted by Gasteiger charge is -2.37. The summed E-state index contributed by atoms with van der Waals surface area (Å²) in [6.07, 6.45) is 0. The zero-order chi connectivity index (χ0) is 9.84. The summed E-state index contributed by atoms with van der Waals surface area (Å²) >= 11 is 0. The highest BCUT2D eigenvalue weighted by atomic mass is 16.5. The van der Waals surface area contributed by atoms with E-state index in [9.17, 15) is 4.79 Å². The largest absolute Gasteiger partial charge is 0.468 e. The Morgan fingerprint density at radius 3 is 2.92 bits per heavy atom. The standard InChI is InChI=1S/C9H18N2O2/c1-7-8(2)11(5-4-10-7)6-9(12)13-3/h7-8,10H,4-6H2,1-3H3.